The van der Waals surface area contributed by atoms with E-state index < -0.39 is 0 Å². The molecule has 0 bridgehead atoms. The molecule has 0 aliphatic heterocycles. The first-order valence-electron chi connectivity index (χ1n) is 5.13. The van der Waals surface area contributed by atoms with Crippen LogP contribution < -0.4 is 9.47 Å². The quantitative estimate of drug-likeness (QED) is 0.629. The van der Waals surface area contributed by atoms with E-state index in [0.29, 0.717) is 10.2 Å². The SMILES string of the molecule is CCC(C)C(=O)Oc1ccc(OC)cc1Br. The second kappa shape index (κ2) is 5.89. The molecule has 1 rings (SSSR count). The minimum atomic E-state index is -0.214. The molecule has 4 heteroatoms. The molecule has 3 nitrogen and oxygen atoms in total. The number of benzene rings is 1. The van der Waals surface area contributed by atoms with Crippen LogP contribution in [0.25, 0.3) is 0 Å². The van der Waals surface area contributed by atoms with Crippen LogP contribution in [0, 0.1) is 5.92 Å². The van der Waals surface area contributed by atoms with E-state index in [1.807, 2.05) is 13.8 Å². The Morgan fingerprint density at radius 1 is 1.50 bits per heavy atom. The fraction of sp³-hybridized carbons (Fsp3) is 0.417. The fourth-order valence-electron chi connectivity index (χ4n) is 1.07. The number of hydrogen-bond acceptors (Lipinski definition) is 3. The monoisotopic (exact) mass is 286 g/mol. The molecular weight excluding hydrogens is 272 g/mol. The summed E-state index contributed by atoms with van der Waals surface area (Å²) in [5, 5.41) is 0. The Labute approximate surface area is 104 Å². The van der Waals surface area contributed by atoms with Crippen LogP contribution in [0.5, 0.6) is 11.5 Å². The molecule has 0 radical (unpaired) electrons. The minimum Gasteiger partial charge on any atom is -0.497 e. The van der Waals surface area contributed by atoms with Gasteiger partial charge in [-0.25, -0.2) is 0 Å². The highest BCUT2D eigenvalue weighted by atomic mass is 79.9. The van der Waals surface area contributed by atoms with E-state index in [4.69, 9.17) is 9.47 Å². The van der Waals surface area contributed by atoms with Crippen LogP contribution in [0.1, 0.15) is 20.3 Å². The molecular formula is C12H15BrO3. The van der Waals surface area contributed by atoms with Crippen molar-refractivity contribution in [2.45, 2.75) is 20.3 Å². The van der Waals surface area contributed by atoms with Gasteiger partial charge >= 0.3 is 5.97 Å². The normalized spacial score (nSPS) is 12.0. The molecule has 1 atom stereocenters. The topological polar surface area (TPSA) is 35.5 Å². The summed E-state index contributed by atoms with van der Waals surface area (Å²) >= 11 is 3.33. The second-order valence-corrected chi connectivity index (χ2v) is 4.38. The Morgan fingerprint density at radius 3 is 2.69 bits per heavy atom. The minimum absolute atomic E-state index is 0.0889. The maximum absolute atomic E-state index is 11.6. The molecule has 0 heterocycles. The summed E-state index contributed by atoms with van der Waals surface area (Å²) in [6, 6.07) is 5.23. The van der Waals surface area contributed by atoms with Crippen LogP contribution in [-0.2, 0) is 4.79 Å². The van der Waals surface area contributed by atoms with E-state index >= 15 is 0 Å². The molecule has 1 aromatic rings. The number of ether oxygens (including phenoxy) is 2. The average Bonchev–Trinajstić information content (AvgIpc) is 2.30. The Kier molecular flexibility index (Phi) is 4.80. The third kappa shape index (κ3) is 3.23. The zero-order valence-corrected chi connectivity index (χ0v) is 11.2. The molecule has 1 aromatic carbocycles. The van der Waals surface area contributed by atoms with Crippen LogP contribution in [0.2, 0.25) is 0 Å². The highest BCUT2D eigenvalue weighted by molar-refractivity contribution is 9.10. The van der Waals surface area contributed by atoms with Gasteiger partial charge in [0, 0.05) is 0 Å². The van der Waals surface area contributed by atoms with Crippen molar-refractivity contribution in [3.05, 3.63) is 22.7 Å². The first-order valence-corrected chi connectivity index (χ1v) is 5.93. The fourth-order valence-corrected chi connectivity index (χ4v) is 1.51. The Balaban J connectivity index is 2.78. The standard InChI is InChI=1S/C12H15BrO3/c1-4-8(2)12(14)16-11-6-5-9(15-3)7-10(11)13/h5-8H,4H2,1-3H3. The first kappa shape index (κ1) is 13.0. The van der Waals surface area contributed by atoms with Crippen molar-refractivity contribution in [2.75, 3.05) is 7.11 Å². The van der Waals surface area contributed by atoms with Crippen molar-refractivity contribution in [1.82, 2.24) is 0 Å². The molecule has 88 valence electrons. The summed E-state index contributed by atoms with van der Waals surface area (Å²) in [7, 11) is 1.59. The van der Waals surface area contributed by atoms with Crippen molar-refractivity contribution < 1.29 is 14.3 Å². The Hall–Kier alpha value is -1.03. The zero-order valence-electron chi connectivity index (χ0n) is 9.62. The van der Waals surface area contributed by atoms with Crippen LogP contribution in [-0.4, -0.2) is 13.1 Å². The maximum atomic E-state index is 11.6. The Bertz CT molecular complexity index is 377. The molecule has 0 N–H and O–H groups in total. The number of hydrogen-bond donors (Lipinski definition) is 0. The van der Waals surface area contributed by atoms with Gasteiger partial charge in [-0.3, -0.25) is 4.79 Å². The van der Waals surface area contributed by atoms with Crippen LogP contribution >= 0.6 is 15.9 Å². The summed E-state index contributed by atoms with van der Waals surface area (Å²) < 4.78 is 11.0. The van der Waals surface area contributed by atoms with Crippen molar-refractivity contribution in [3.8, 4) is 11.5 Å². The van der Waals surface area contributed by atoms with Crippen molar-refractivity contribution in [3.63, 3.8) is 0 Å². The third-order valence-electron chi connectivity index (χ3n) is 2.36. The number of rotatable bonds is 4. The smallest absolute Gasteiger partial charge is 0.314 e. The number of carbonyl (C=O) groups excluding carboxylic acids is 1. The summed E-state index contributed by atoms with van der Waals surface area (Å²) in [5.74, 6) is 0.934. The molecule has 0 amide bonds. The molecule has 16 heavy (non-hydrogen) atoms. The van der Waals surface area contributed by atoms with E-state index in [0.717, 1.165) is 12.2 Å². The molecule has 0 fully saturated rings. The number of halogens is 1. The predicted octanol–water partition coefficient (Wildman–Crippen LogP) is 3.41. The lowest BCUT2D eigenvalue weighted by molar-refractivity contribution is -0.138. The summed E-state index contributed by atoms with van der Waals surface area (Å²) in [6.07, 6.45) is 0.770. The Morgan fingerprint density at radius 2 is 2.19 bits per heavy atom. The second-order valence-electron chi connectivity index (χ2n) is 3.53. The van der Waals surface area contributed by atoms with E-state index in [2.05, 4.69) is 15.9 Å². The lowest BCUT2D eigenvalue weighted by Crippen LogP contribution is -2.17. The summed E-state index contributed by atoms with van der Waals surface area (Å²) in [5.41, 5.74) is 0. The van der Waals surface area contributed by atoms with E-state index in [-0.39, 0.29) is 11.9 Å². The molecule has 0 aliphatic rings. The van der Waals surface area contributed by atoms with Gasteiger partial charge in [-0.1, -0.05) is 13.8 Å². The van der Waals surface area contributed by atoms with E-state index in [1.54, 1.807) is 25.3 Å². The summed E-state index contributed by atoms with van der Waals surface area (Å²) in [4.78, 5) is 11.6. The number of carbonyl (C=O) groups is 1. The first-order chi connectivity index (χ1) is 7.58. The molecule has 0 saturated carbocycles. The lowest BCUT2D eigenvalue weighted by Gasteiger charge is -2.10. The average molecular weight is 287 g/mol. The lowest BCUT2D eigenvalue weighted by atomic mass is 10.1. The van der Waals surface area contributed by atoms with Gasteiger partial charge in [0.25, 0.3) is 0 Å². The largest absolute Gasteiger partial charge is 0.497 e. The van der Waals surface area contributed by atoms with Gasteiger partial charge in [-0.2, -0.15) is 0 Å². The predicted molar refractivity (Wildman–Crippen MR) is 65.8 cm³/mol. The molecule has 0 saturated heterocycles. The van der Waals surface area contributed by atoms with Gasteiger partial charge < -0.3 is 9.47 Å². The van der Waals surface area contributed by atoms with Crippen LogP contribution in [0.15, 0.2) is 22.7 Å². The van der Waals surface area contributed by atoms with Crippen molar-refractivity contribution >= 4 is 21.9 Å². The zero-order chi connectivity index (χ0) is 12.1. The highest BCUT2D eigenvalue weighted by Gasteiger charge is 2.14. The third-order valence-corrected chi connectivity index (χ3v) is 2.98. The molecule has 0 spiro atoms. The van der Waals surface area contributed by atoms with Gasteiger partial charge in [0.05, 0.1) is 17.5 Å². The van der Waals surface area contributed by atoms with Crippen LogP contribution in [0.3, 0.4) is 0 Å². The van der Waals surface area contributed by atoms with E-state index in [9.17, 15) is 4.79 Å². The van der Waals surface area contributed by atoms with Gasteiger partial charge in [-0.05, 0) is 40.5 Å². The summed E-state index contributed by atoms with van der Waals surface area (Å²) in [6.45, 7) is 3.80. The van der Waals surface area contributed by atoms with E-state index in [1.165, 1.54) is 0 Å². The van der Waals surface area contributed by atoms with Gasteiger partial charge in [0.2, 0.25) is 0 Å². The number of methoxy groups -OCH3 is 1. The van der Waals surface area contributed by atoms with Gasteiger partial charge in [0.1, 0.15) is 11.5 Å². The molecule has 0 aliphatic carbocycles. The number of esters is 1. The van der Waals surface area contributed by atoms with Crippen molar-refractivity contribution in [1.29, 1.82) is 0 Å². The molecule has 0 aromatic heterocycles. The molecule has 1 unspecified atom stereocenters. The maximum Gasteiger partial charge on any atom is 0.314 e. The van der Waals surface area contributed by atoms with Crippen LogP contribution in [0.4, 0.5) is 0 Å². The van der Waals surface area contributed by atoms with Crippen molar-refractivity contribution in [2.24, 2.45) is 5.92 Å². The van der Waals surface area contributed by atoms with Gasteiger partial charge in [-0.15, -0.1) is 0 Å². The van der Waals surface area contributed by atoms with Gasteiger partial charge in [0.15, 0.2) is 0 Å². The highest BCUT2D eigenvalue weighted by Crippen LogP contribution is 2.29.